The molecule has 4 nitrogen and oxygen atoms in total. The van der Waals surface area contributed by atoms with Crippen molar-refractivity contribution in [3.8, 4) is 11.3 Å². The van der Waals surface area contributed by atoms with Crippen LogP contribution in [-0.2, 0) is 11.2 Å². The van der Waals surface area contributed by atoms with E-state index in [9.17, 15) is 9.18 Å². The average Bonchev–Trinajstić information content (AvgIpc) is 3.05. The van der Waals surface area contributed by atoms with Gasteiger partial charge in [-0.15, -0.1) is 0 Å². The molecular weight excluding hydrogens is 366 g/mol. The topological polar surface area (TPSA) is 55.1 Å². The fraction of sp³-hybridized carbons (Fsp3) is 0.111. The molecule has 0 fully saturated rings. The average molecular weight is 379 g/mol. The quantitative estimate of drug-likeness (QED) is 0.650. The molecule has 0 saturated heterocycles. The van der Waals surface area contributed by atoms with Crippen LogP contribution < -0.4 is 5.32 Å². The number of aryl methyl sites for hydroxylation is 1. The monoisotopic (exact) mass is 378 g/mol. The summed E-state index contributed by atoms with van der Waals surface area (Å²) in [6.45, 7) is 0. The van der Waals surface area contributed by atoms with Crippen molar-refractivity contribution < 1.29 is 13.6 Å². The van der Waals surface area contributed by atoms with Crippen LogP contribution in [0.4, 0.5) is 10.1 Å². The van der Waals surface area contributed by atoms with Gasteiger partial charge in [0, 0.05) is 23.4 Å². The summed E-state index contributed by atoms with van der Waals surface area (Å²) in [5.74, 6) is 0.0204. The van der Waals surface area contributed by atoms with Crippen LogP contribution in [0.25, 0.3) is 11.3 Å². The first-order valence-electron chi connectivity index (χ1n) is 7.47. The molecule has 7 heteroatoms. The Morgan fingerprint density at radius 2 is 2.00 bits per heavy atom. The predicted octanol–water partition coefficient (Wildman–Crippen LogP) is 5.36. The molecular formula is C18H13Cl2FN2O2. The number of halogens is 3. The second kappa shape index (κ2) is 7.68. The van der Waals surface area contributed by atoms with Gasteiger partial charge in [0.1, 0.15) is 5.82 Å². The van der Waals surface area contributed by atoms with Crippen LogP contribution in [0.5, 0.6) is 0 Å². The van der Waals surface area contributed by atoms with Crippen molar-refractivity contribution in [2.45, 2.75) is 12.8 Å². The third-order valence-corrected chi connectivity index (χ3v) is 4.03. The normalized spacial score (nSPS) is 10.7. The number of aromatic nitrogens is 1. The molecule has 0 aliphatic carbocycles. The van der Waals surface area contributed by atoms with Gasteiger partial charge in [-0.25, -0.2) is 9.37 Å². The van der Waals surface area contributed by atoms with Crippen LogP contribution >= 0.6 is 23.2 Å². The van der Waals surface area contributed by atoms with Crippen LogP contribution in [0.2, 0.25) is 10.0 Å². The number of carbonyl (C=O) groups excluding carboxylic acids is 1. The van der Waals surface area contributed by atoms with Crippen LogP contribution in [0.15, 0.2) is 53.1 Å². The van der Waals surface area contributed by atoms with Crippen molar-refractivity contribution in [3.05, 3.63) is 70.4 Å². The molecule has 0 aliphatic heterocycles. The highest BCUT2D eigenvalue weighted by molar-refractivity contribution is 6.33. The zero-order valence-electron chi connectivity index (χ0n) is 12.9. The summed E-state index contributed by atoms with van der Waals surface area (Å²) in [5, 5.41) is 3.38. The zero-order valence-corrected chi connectivity index (χ0v) is 14.4. The predicted molar refractivity (Wildman–Crippen MR) is 95.3 cm³/mol. The van der Waals surface area contributed by atoms with Gasteiger partial charge in [-0.3, -0.25) is 4.79 Å². The molecule has 0 saturated carbocycles. The standard InChI is InChI=1S/C18H13Cl2FN2O2/c19-11-5-6-14(21)15(9-11)23-17(24)7-8-18-22-10-16(25-18)12-3-1-2-4-13(12)20/h1-6,9-10H,7-8H2,(H,23,24). The van der Waals surface area contributed by atoms with Crippen LogP contribution in [0.1, 0.15) is 12.3 Å². The van der Waals surface area contributed by atoms with Crippen molar-refractivity contribution in [3.63, 3.8) is 0 Å². The number of rotatable bonds is 5. The maximum atomic E-state index is 13.6. The first kappa shape index (κ1) is 17.5. The summed E-state index contributed by atoms with van der Waals surface area (Å²) in [6, 6.07) is 11.2. The van der Waals surface area contributed by atoms with Gasteiger partial charge in [0.25, 0.3) is 0 Å². The maximum Gasteiger partial charge on any atom is 0.224 e. The summed E-state index contributed by atoms with van der Waals surface area (Å²) in [5.41, 5.74) is 0.773. The van der Waals surface area contributed by atoms with Gasteiger partial charge < -0.3 is 9.73 Å². The van der Waals surface area contributed by atoms with E-state index in [4.69, 9.17) is 27.6 Å². The Kier molecular flexibility index (Phi) is 5.36. The van der Waals surface area contributed by atoms with Gasteiger partial charge in [-0.05, 0) is 30.3 Å². The van der Waals surface area contributed by atoms with Gasteiger partial charge in [-0.1, -0.05) is 35.3 Å². The molecule has 3 rings (SSSR count). The zero-order chi connectivity index (χ0) is 17.8. The van der Waals surface area contributed by atoms with E-state index < -0.39 is 5.82 Å². The number of nitrogens with zero attached hydrogens (tertiary/aromatic N) is 1. The van der Waals surface area contributed by atoms with Crippen LogP contribution in [-0.4, -0.2) is 10.9 Å². The molecule has 2 aromatic carbocycles. The largest absolute Gasteiger partial charge is 0.441 e. The van der Waals surface area contributed by atoms with Crippen molar-refractivity contribution >= 4 is 34.8 Å². The molecule has 0 bridgehead atoms. The lowest BCUT2D eigenvalue weighted by atomic mass is 10.2. The lowest BCUT2D eigenvalue weighted by molar-refractivity contribution is -0.116. The molecule has 1 heterocycles. The molecule has 25 heavy (non-hydrogen) atoms. The second-order valence-electron chi connectivity index (χ2n) is 5.27. The third kappa shape index (κ3) is 4.38. The molecule has 0 aliphatic rings. The fourth-order valence-corrected chi connectivity index (χ4v) is 2.64. The van der Waals surface area contributed by atoms with E-state index in [-0.39, 0.29) is 24.4 Å². The molecule has 1 amide bonds. The third-order valence-electron chi connectivity index (χ3n) is 3.46. The highest BCUT2D eigenvalue weighted by Crippen LogP contribution is 2.28. The Balaban J connectivity index is 1.61. The van der Waals surface area contributed by atoms with Gasteiger partial charge in [0.15, 0.2) is 11.7 Å². The first-order chi connectivity index (χ1) is 12.0. The first-order valence-corrected chi connectivity index (χ1v) is 8.23. The SMILES string of the molecule is O=C(CCc1ncc(-c2ccccc2Cl)o1)Nc1cc(Cl)ccc1F. The van der Waals surface area contributed by atoms with Gasteiger partial charge in [-0.2, -0.15) is 0 Å². The van der Waals surface area contributed by atoms with Crippen LogP contribution in [0, 0.1) is 5.82 Å². The Labute approximate surface area is 153 Å². The molecule has 0 unspecified atom stereocenters. The fourth-order valence-electron chi connectivity index (χ4n) is 2.24. The number of anilines is 1. The molecule has 0 radical (unpaired) electrons. The lowest BCUT2D eigenvalue weighted by Gasteiger charge is -2.06. The van der Waals surface area contributed by atoms with Crippen molar-refractivity contribution in [2.75, 3.05) is 5.32 Å². The number of carbonyl (C=O) groups is 1. The number of nitrogens with one attached hydrogen (secondary N) is 1. The summed E-state index contributed by atoms with van der Waals surface area (Å²) >= 11 is 11.9. The summed E-state index contributed by atoms with van der Waals surface area (Å²) in [6.07, 6.45) is 1.93. The van der Waals surface area contributed by atoms with E-state index in [1.54, 1.807) is 12.3 Å². The Morgan fingerprint density at radius 3 is 2.80 bits per heavy atom. The Bertz CT molecular complexity index is 912. The molecule has 3 aromatic rings. The van der Waals surface area contributed by atoms with E-state index in [0.717, 1.165) is 5.56 Å². The number of amides is 1. The van der Waals surface area contributed by atoms with Crippen LogP contribution in [0.3, 0.4) is 0 Å². The van der Waals surface area contributed by atoms with E-state index in [2.05, 4.69) is 10.3 Å². The molecule has 128 valence electrons. The highest BCUT2D eigenvalue weighted by Gasteiger charge is 2.12. The van der Waals surface area contributed by atoms with Crippen molar-refractivity contribution in [2.24, 2.45) is 0 Å². The van der Waals surface area contributed by atoms with Gasteiger partial charge in [0.05, 0.1) is 16.9 Å². The minimum Gasteiger partial charge on any atom is -0.441 e. The van der Waals surface area contributed by atoms with Gasteiger partial charge in [0.2, 0.25) is 5.91 Å². The van der Waals surface area contributed by atoms with Crippen molar-refractivity contribution in [1.29, 1.82) is 0 Å². The Hall–Kier alpha value is -2.37. The molecule has 1 aromatic heterocycles. The lowest BCUT2D eigenvalue weighted by Crippen LogP contribution is -2.13. The summed E-state index contributed by atoms with van der Waals surface area (Å²) in [7, 11) is 0. The number of oxazole rings is 1. The van der Waals surface area contributed by atoms with E-state index >= 15 is 0 Å². The Morgan fingerprint density at radius 1 is 1.20 bits per heavy atom. The number of benzene rings is 2. The smallest absolute Gasteiger partial charge is 0.224 e. The number of hydrogen-bond acceptors (Lipinski definition) is 3. The summed E-state index contributed by atoms with van der Waals surface area (Å²) < 4.78 is 19.2. The molecule has 0 atom stereocenters. The van der Waals surface area contributed by atoms with Gasteiger partial charge >= 0.3 is 0 Å². The highest BCUT2D eigenvalue weighted by atomic mass is 35.5. The van der Waals surface area contributed by atoms with Crippen molar-refractivity contribution in [1.82, 2.24) is 4.98 Å². The summed E-state index contributed by atoms with van der Waals surface area (Å²) in [4.78, 5) is 16.1. The molecule has 0 spiro atoms. The van der Waals surface area contributed by atoms with E-state index in [0.29, 0.717) is 21.7 Å². The molecule has 1 N–H and O–H groups in total. The minimum absolute atomic E-state index is 0.0432. The second-order valence-corrected chi connectivity index (χ2v) is 6.11. The maximum absolute atomic E-state index is 13.6. The number of hydrogen-bond donors (Lipinski definition) is 1. The van der Waals surface area contributed by atoms with E-state index in [1.807, 2.05) is 18.2 Å². The van der Waals surface area contributed by atoms with E-state index in [1.165, 1.54) is 18.2 Å². The minimum atomic E-state index is -0.546.